The van der Waals surface area contributed by atoms with E-state index in [1.165, 1.54) is 17.3 Å². The average Bonchev–Trinajstić information content (AvgIpc) is 2.81. The SMILES string of the molecule is O=C1NC(=S)SC1=Cc1cc(Cc2ccccc2)ccc1O. The maximum Gasteiger partial charge on any atom is 0.263 e. The molecule has 1 heterocycles. The molecule has 1 aliphatic heterocycles. The summed E-state index contributed by atoms with van der Waals surface area (Å²) < 4.78 is 0.441. The highest BCUT2D eigenvalue weighted by atomic mass is 32.2. The van der Waals surface area contributed by atoms with Crippen LogP contribution < -0.4 is 5.32 Å². The summed E-state index contributed by atoms with van der Waals surface area (Å²) in [5.41, 5.74) is 2.89. The van der Waals surface area contributed by atoms with Crippen molar-refractivity contribution in [2.75, 3.05) is 0 Å². The first kappa shape index (κ1) is 14.8. The summed E-state index contributed by atoms with van der Waals surface area (Å²) in [6.45, 7) is 0. The van der Waals surface area contributed by atoms with Gasteiger partial charge in [-0.1, -0.05) is 60.4 Å². The van der Waals surface area contributed by atoms with Crippen molar-refractivity contribution in [3.63, 3.8) is 0 Å². The molecule has 5 heteroatoms. The number of aromatic hydroxyl groups is 1. The van der Waals surface area contributed by atoms with E-state index >= 15 is 0 Å². The summed E-state index contributed by atoms with van der Waals surface area (Å²) in [6, 6.07) is 15.5. The smallest absolute Gasteiger partial charge is 0.263 e. The molecular weight excluding hydrogens is 314 g/mol. The minimum atomic E-state index is -0.220. The Morgan fingerprint density at radius 3 is 2.59 bits per heavy atom. The Kier molecular flexibility index (Phi) is 4.27. The van der Waals surface area contributed by atoms with Crippen molar-refractivity contribution in [3.8, 4) is 5.75 Å². The lowest BCUT2D eigenvalue weighted by Crippen LogP contribution is -2.17. The third-order valence-electron chi connectivity index (χ3n) is 3.27. The first-order valence-electron chi connectivity index (χ1n) is 6.72. The number of rotatable bonds is 3. The number of thioether (sulfide) groups is 1. The number of benzene rings is 2. The number of thiocarbonyl (C=S) groups is 1. The summed E-state index contributed by atoms with van der Waals surface area (Å²) in [4.78, 5) is 12.2. The molecule has 1 saturated heterocycles. The second kappa shape index (κ2) is 6.34. The number of hydrogen-bond acceptors (Lipinski definition) is 4. The fraction of sp³-hybridized carbons (Fsp3) is 0.0588. The second-order valence-electron chi connectivity index (χ2n) is 4.91. The van der Waals surface area contributed by atoms with Crippen LogP contribution in [0.1, 0.15) is 16.7 Å². The van der Waals surface area contributed by atoms with Gasteiger partial charge in [0.15, 0.2) is 0 Å². The van der Waals surface area contributed by atoms with Crippen LogP contribution in [0.2, 0.25) is 0 Å². The minimum Gasteiger partial charge on any atom is -0.507 e. The molecule has 3 rings (SSSR count). The highest BCUT2D eigenvalue weighted by Gasteiger charge is 2.22. The van der Waals surface area contributed by atoms with E-state index in [4.69, 9.17) is 12.2 Å². The summed E-state index contributed by atoms with van der Waals surface area (Å²) in [5.74, 6) is -0.0709. The largest absolute Gasteiger partial charge is 0.507 e. The summed E-state index contributed by atoms with van der Waals surface area (Å²) in [5, 5.41) is 12.6. The summed E-state index contributed by atoms with van der Waals surface area (Å²) in [7, 11) is 0. The number of phenols is 1. The predicted molar refractivity (Wildman–Crippen MR) is 93.7 cm³/mol. The number of hydrogen-bond donors (Lipinski definition) is 2. The molecule has 1 aliphatic rings. The Balaban J connectivity index is 1.89. The van der Waals surface area contributed by atoms with Crippen molar-refractivity contribution < 1.29 is 9.90 Å². The summed E-state index contributed by atoms with van der Waals surface area (Å²) in [6.07, 6.45) is 2.44. The van der Waals surface area contributed by atoms with Crippen molar-refractivity contribution >= 4 is 40.3 Å². The molecule has 0 saturated carbocycles. The Morgan fingerprint density at radius 1 is 1.14 bits per heavy atom. The molecule has 1 amide bonds. The van der Waals surface area contributed by atoms with Crippen molar-refractivity contribution in [2.45, 2.75) is 6.42 Å². The van der Waals surface area contributed by atoms with Gasteiger partial charge in [0.1, 0.15) is 10.1 Å². The lowest BCUT2D eigenvalue weighted by Gasteiger charge is -2.06. The number of carbonyl (C=O) groups is 1. The van der Waals surface area contributed by atoms with E-state index in [0.717, 1.165) is 12.0 Å². The zero-order valence-corrected chi connectivity index (χ0v) is 13.2. The van der Waals surface area contributed by atoms with Gasteiger partial charge >= 0.3 is 0 Å². The molecule has 0 radical (unpaired) electrons. The molecule has 3 nitrogen and oxygen atoms in total. The molecule has 0 atom stereocenters. The molecule has 2 N–H and O–H groups in total. The van der Waals surface area contributed by atoms with Gasteiger partial charge in [0.25, 0.3) is 5.91 Å². The fourth-order valence-corrected chi connectivity index (χ4v) is 3.26. The van der Waals surface area contributed by atoms with Gasteiger partial charge in [0, 0.05) is 5.56 Å². The van der Waals surface area contributed by atoms with Crippen molar-refractivity contribution in [3.05, 3.63) is 70.1 Å². The van der Waals surface area contributed by atoms with Crippen LogP contribution in [0.3, 0.4) is 0 Å². The number of amides is 1. The number of phenolic OH excluding ortho intramolecular Hbond substituents is 1. The molecule has 110 valence electrons. The standard InChI is InChI=1S/C17H13NO2S2/c19-14-7-6-12(8-11-4-2-1-3-5-11)9-13(14)10-15-16(20)18-17(21)22-15/h1-7,9-10,19H,8H2,(H,18,20,21). The Labute approximate surface area is 138 Å². The van der Waals surface area contributed by atoms with E-state index in [1.807, 2.05) is 30.3 Å². The van der Waals surface area contributed by atoms with Gasteiger partial charge in [0.05, 0.1) is 4.91 Å². The van der Waals surface area contributed by atoms with Crippen LogP contribution in [0.25, 0.3) is 6.08 Å². The molecule has 0 bridgehead atoms. The van der Waals surface area contributed by atoms with Crippen LogP contribution in [0.15, 0.2) is 53.4 Å². The van der Waals surface area contributed by atoms with E-state index in [-0.39, 0.29) is 11.7 Å². The monoisotopic (exact) mass is 327 g/mol. The van der Waals surface area contributed by atoms with Gasteiger partial charge in [-0.15, -0.1) is 0 Å². The average molecular weight is 327 g/mol. The lowest BCUT2D eigenvalue weighted by molar-refractivity contribution is -0.115. The van der Waals surface area contributed by atoms with Crippen LogP contribution in [0, 0.1) is 0 Å². The quantitative estimate of drug-likeness (QED) is 0.669. The summed E-state index contributed by atoms with van der Waals surface area (Å²) >= 11 is 6.17. The molecule has 2 aromatic rings. The Morgan fingerprint density at radius 2 is 1.91 bits per heavy atom. The highest BCUT2D eigenvalue weighted by molar-refractivity contribution is 8.26. The van der Waals surface area contributed by atoms with Crippen LogP contribution in [-0.4, -0.2) is 15.3 Å². The third kappa shape index (κ3) is 3.37. The van der Waals surface area contributed by atoms with Gasteiger partial charge in [-0.05, 0) is 35.8 Å². The van der Waals surface area contributed by atoms with Crippen LogP contribution >= 0.6 is 24.0 Å². The molecule has 1 fully saturated rings. The Bertz CT molecular complexity index is 769. The molecule has 0 aromatic heterocycles. The van der Waals surface area contributed by atoms with Crippen LogP contribution in [0.4, 0.5) is 0 Å². The van der Waals surface area contributed by atoms with Crippen molar-refractivity contribution in [1.82, 2.24) is 5.32 Å². The van der Waals surface area contributed by atoms with Gasteiger partial charge in [-0.25, -0.2) is 0 Å². The molecule has 22 heavy (non-hydrogen) atoms. The lowest BCUT2D eigenvalue weighted by atomic mass is 10.0. The van der Waals surface area contributed by atoms with E-state index in [0.29, 0.717) is 14.8 Å². The van der Waals surface area contributed by atoms with Gasteiger partial charge < -0.3 is 10.4 Å². The van der Waals surface area contributed by atoms with E-state index in [2.05, 4.69) is 17.4 Å². The van der Waals surface area contributed by atoms with Crippen LogP contribution in [0.5, 0.6) is 5.75 Å². The molecule has 2 aromatic carbocycles. The van der Waals surface area contributed by atoms with Crippen LogP contribution in [-0.2, 0) is 11.2 Å². The van der Waals surface area contributed by atoms with E-state index in [9.17, 15) is 9.90 Å². The zero-order valence-electron chi connectivity index (χ0n) is 11.6. The first-order valence-corrected chi connectivity index (χ1v) is 7.95. The van der Waals surface area contributed by atoms with Gasteiger partial charge in [-0.2, -0.15) is 0 Å². The molecular formula is C17H13NO2S2. The van der Waals surface area contributed by atoms with Crippen molar-refractivity contribution in [1.29, 1.82) is 0 Å². The van der Waals surface area contributed by atoms with E-state index < -0.39 is 0 Å². The maximum atomic E-state index is 11.7. The third-order valence-corrected chi connectivity index (χ3v) is 4.43. The normalized spacial score (nSPS) is 16.1. The van der Waals surface area contributed by atoms with E-state index in [1.54, 1.807) is 12.1 Å². The number of carbonyl (C=O) groups excluding carboxylic acids is 1. The van der Waals surface area contributed by atoms with Crippen molar-refractivity contribution in [2.24, 2.45) is 0 Å². The Hall–Kier alpha value is -2.11. The minimum absolute atomic E-state index is 0.149. The maximum absolute atomic E-state index is 11.7. The topological polar surface area (TPSA) is 49.3 Å². The molecule has 0 spiro atoms. The first-order chi connectivity index (χ1) is 10.6. The highest BCUT2D eigenvalue weighted by Crippen LogP contribution is 2.29. The fourth-order valence-electron chi connectivity index (χ4n) is 2.22. The molecule has 0 unspecified atom stereocenters. The zero-order chi connectivity index (χ0) is 15.5. The second-order valence-corrected chi connectivity index (χ2v) is 6.63. The molecule has 0 aliphatic carbocycles. The predicted octanol–water partition coefficient (Wildman–Crippen LogP) is 3.47. The van der Waals surface area contributed by atoms with Gasteiger partial charge in [0.2, 0.25) is 0 Å². The van der Waals surface area contributed by atoms with Gasteiger partial charge in [-0.3, -0.25) is 4.79 Å². The number of nitrogens with one attached hydrogen (secondary N) is 1.